The van der Waals surface area contributed by atoms with Crippen molar-refractivity contribution in [3.05, 3.63) is 0 Å². The highest BCUT2D eigenvalue weighted by atomic mass is 16.4. The molecule has 5 nitrogen and oxygen atoms in total. The van der Waals surface area contributed by atoms with Crippen molar-refractivity contribution in [1.29, 1.82) is 0 Å². The highest BCUT2D eigenvalue weighted by molar-refractivity contribution is 4.96. The van der Waals surface area contributed by atoms with Gasteiger partial charge in [0.2, 0.25) is 0 Å². The van der Waals surface area contributed by atoms with Crippen molar-refractivity contribution in [1.82, 2.24) is 0 Å². The van der Waals surface area contributed by atoms with Crippen LogP contribution in [0.15, 0.2) is 0 Å². The molecule has 0 aromatic rings. The monoisotopic (exact) mass is 162 g/mol. The smallest absolute Gasteiger partial charge is 0.109 e. The van der Waals surface area contributed by atoms with E-state index in [4.69, 9.17) is 26.8 Å². The van der Waals surface area contributed by atoms with Gasteiger partial charge in [-0.15, -0.1) is 0 Å². The number of aliphatic hydroxyl groups excluding tert-OH is 3. The Morgan fingerprint density at radius 2 is 1.18 bits per heavy atom. The minimum Gasteiger partial charge on any atom is -0.389 e. The molecule has 0 saturated heterocycles. The second-order valence-corrected chi connectivity index (χ2v) is 3.04. The van der Waals surface area contributed by atoms with Crippen LogP contribution in [0.1, 0.15) is 6.42 Å². The minimum atomic E-state index is -1.21. The van der Waals surface area contributed by atoms with Gasteiger partial charge < -0.3 is 26.8 Å². The molecule has 11 heavy (non-hydrogen) atoms. The summed E-state index contributed by atoms with van der Waals surface area (Å²) in [6, 6.07) is -1.08. The van der Waals surface area contributed by atoms with Crippen LogP contribution >= 0.6 is 0 Å². The Kier molecular flexibility index (Phi) is 2.46. The van der Waals surface area contributed by atoms with Crippen molar-refractivity contribution < 1.29 is 15.3 Å². The van der Waals surface area contributed by atoms with Gasteiger partial charge >= 0.3 is 0 Å². The fraction of sp³-hybridized carbons (Fsp3) is 1.00. The lowest BCUT2D eigenvalue weighted by Crippen LogP contribution is -2.61. The number of rotatable bonds is 0. The fourth-order valence-corrected chi connectivity index (χ4v) is 1.30. The van der Waals surface area contributed by atoms with E-state index in [1.807, 2.05) is 0 Å². The van der Waals surface area contributed by atoms with Crippen molar-refractivity contribution >= 4 is 0 Å². The summed E-state index contributed by atoms with van der Waals surface area (Å²) < 4.78 is 0. The van der Waals surface area contributed by atoms with E-state index in [0.717, 1.165) is 0 Å². The van der Waals surface area contributed by atoms with Gasteiger partial charge in [0, 0.05) is 12.1 Å². The second kappa shape index (κ2) is 3.04. The van der Waals surface area contributed by atoms with Crippen LogP contribution in [-0.4, -0.2) is 45.7 Å². The van der Waals surface area contributed by atoms with Crippen LogP contribution in [0.25, 0.3) is 0 Å². The Morgan fingerprint density at radius 1 is 0.818 bits per heavy atom. The Bertz CT molecular complexity index is 130. The van der Waals surface area contributed by atoms with Crippen molar-refractivity contribution in [3.8, 4) is 0 Å². The molecule has 1 aliphatic rings. The van der Waals surface area contributed by atoms with E-state index in [2.05, 4.69) is 0 Å². The van der Waals surface area contributed by atoms with E-state index in [1.54, 1.807) is 0 Å². The first-order valence-electron chi connectivity index (χ1n) is 3.59. The molecule has 0 bridgehead atoms. The van der Waals surface area contributed by atoms with Crippen molar-refractivity contribution in [2.45, 2.75) is 36.8 Å². The normalized spacial score (nSPS) is 52.6. The maximum absolute atomic E-state index is 9.14. The minimum absolute atomic E-state index is 0.333. The zero-order valence-corrected chi connectivity index (χ0v) is 6.09. The third-order valence-corrected chi connectivity index (χ3v) is 2.12. The zero-order chi connectivity index (χ0) is 8.59. The van der Waals surface area contributed by atoms with Crippen molar-refractivity contribution in [2.24, 2.45) is 11.5 Å². The van der Waals surface area contributed by atoms with Crippen LogP contribution in [-0.2, 0) is 0 Å². The summed E-state index contributed by atoms with van der Waals surface area (Å²) in [5.41, 5.74) is 10.8. The number of hydrogen-bond donors (Lipinski definition) is 5. The van der Waals surface area contributed by atoms with E-state index in [0.29, 0.717) is 6.42 Å². The fourth-order valence-electron chi connectivity index (χ4n) is 1.30. The highest BCUT2D eigenvalue weighted by Gasteiger charge is 2.39. The predicted molar refractivity (Wildman–Crippen MR) is 38.6 cm³/mol. The van der Waals surface area contributed by atoms with Gasteiger partial charge in [0.15, 0.2) is 0 Å². The molecular weight excluding hydrogens is 148 g/mol. The van der Waals surface area contributed by atoms with Gasteiger partial charge in [0.05, 0.1) is 12.2 Å². The molecule has 0 aromatic heterocycles. The third kappa shape index (κ3) is 1.52. The molecule has 0 amide bonds. The van der Waals surface area contributed by atoms with Gasteiger partial charge in [0.25, 0.3) is 0 Å². The quantitative estimate of drug-likeness (QED) is 0.263. The van der Waals surface area contributed by atoms with Crippen molar-refractivity contribution in [3.63, 3.8) is 0 Å². The Morgan fingerprint density at radius 3 is 1.55 bits per heavy atom. The number of nitrogens with two attached hydrogens (primary N) is 2. The molecule has 7 N–H and O–H groups in total. The van der Waals surface area contributed by atoms with E-state index in [1.165, 1.54) is 0 Å². The molecule has 1 rings (SSSR count). The maximum Gasteiger partial charge on any atom is 0.109 e. The molecule has 66 valence electrons. The summed E-state index contributed by atoms with van der Waals surface area (Å²) in [5.74, 6) is 0. The lowest BCUT2D eigenvalue weighted by molar-refractivity contribution is -0.100. The van der Waals surface area contributed by atoms with Crippen LogP contribution < -0.4 is 11.5 Å². The molecule has 0 aliphatic heterocycles. The van der Waals surface area contributed by atoms with E-state index >= 15 is 0 Å². The molecule has 4 atom stereocenters. The molecule has 1 fully saturated rings. The van der Waals surface area contributed by atoms with Gasteiger partial charge in [-0.1, -0.05) is 0 Å². The lowest BCUT2D eigenvalue weighted by atomic mass is 9.85. The largest absolute Gasteiger partial charge is 0.389 e. The summed E-state index contributed by atoms with van der Waals surface area (Å²) in [5, 5.41) is 27.4. The lowest BCUT2D eigenvalue weighted by Gasteiger charge is -2.37. The van der Waals surface area contributed by atoms with Crippen LogP contribution in [0, 0.1) is 0 Å². The second-order valence-electron chi connectivity index (χ2n) is 3.04. The molecule has 5 heteroatoms. The first-order chi connectivity index (χ1) is 5.04. The summed E-state index contributed by atoms with van der Waals surface area (Å²) in [6.45, 7) is 0. The molecular formula is C6H14N2O3. The third-order valence-electron chi connectivity index (χ3n) is 2.12. The maximum atomic E-state index is 9.14. The molecule has 1 aliphatic carbocycles. The van der Waals surface area contributed by atoms with Crippen LogP contribution in [0.4, 0.5) is 0 Å². The van der Waals surface area contributed by atoms with E-state index < -0.39 is 30.4 Å². The van der Waals surface area contributed by atoms with Gasteiger partial charge in [-0.3, -0.25) is 0 Å². The molecule has 4 unspecified atom stereocenters. The number of aliphatic hydroxyl groups is 3. The Balaban J connectivity index is 2.63. The van der Waals surface area contributed by atoms with Gasteiger partial charge in [-0.05, 0) is 6.42 Å². The zero-order valence-electron chi connectivity index (χ0n) is 6.09. The van der Waals surface area contributed by atoms with Crippen LogP contribution in [0.5, 0.6) is 0 Å². The highest BCUT2D eigenvalue weighted by Crippen LogP contribution is 2.17. The predicted octanol–water partition coefficient (Wildman–Crippen LogP) is -2.87. The molecule has 0 aromatic carbocycles. The molecule has 0 heterocycles. The average molecular weight is 162 g/mol. The summed E-state index contributed by atoms with van der Waals surface area (Å²) >= 11 is 0. The van der Waals surface area contributed by atoms with Crippen molar-refractivity contribution in [2.75, 3.05) is 0 Å². The van der Waals surface area contributed by atoms with Gasteiger partial charge in [0.1, 0.15) is 6.10 Å². The summed E-state index contributed by atoms with van der Waals surface area (Å²) in [7, 11) is 0. The van der Waals surface area contributed by atoms with E-state index in [9.17, 15) is 0 Å². The summed E-state index contributed by atoms with van der Waals surface area (Å²) in [6.07, 6.45) is -3.01. The first-order valence-corrected chi connectivity index (χ1v) is 3.59. The van der Waals surface area contributed by atoms with Crippen LogP contribution in [0.2, 0.25) is 0 Å². The standard InChI is InChI=1S/C6H14N2O3/c7-2-1-3(8)5(10)6(11)4(2)9/h2-6,9-11H,1,7-8H2. The SMILES string of the molecule is NC1CC(N)C(O)C(O)C1O. The molecule has 0 spiro atoms. The topological polar surface area (TPSA) is 113 Å². The van der Waals surface area contributed by atoms with Crippen LogP contribution in [0.3, 0.4) is 0 Å². The molecule has 0 radical (unpaired) electrons. The number of hydrogen-bond acceptors (Lipinski definition) is 5. The molecule has 1 saturated carbocycles. The Labute approximate surface area is 64.6 Å². The summed E-state index contributed by atoms with van der Waals surface area (Å²) in [4.78, 5) is 0. The van der Waals surface area contributed by atoms with Gasteiger partial charge in [-0.25, -0.2) is 0 Å². The van der Waals surface area contributed by atoms with E-state index in [-0.39, 0.29) is 0 Å². The average Bonchev–Trinajstić information content (AvgIpc) is 1.97. The first kappa shape index (κ1) is 8.89. The van der Waals surface area contributed by atoms with Gasteiger partial charge in [-0.2, -0.15) is 0 Å². The Hall–Kier alpha value is -0.200.